The number of aryl methyl sites for hydroxylation is 2. The molecule has 0 aromatic heterocycles. The number of ether oxygens (including phenoxy) is 2. The fourth-order valence-corrected chi connectivity index (χ4v) is 3.03. The van der Waals surface area contributed by atoms with Crippen LogP contribution in [-0.2, 0) is 9.53 Å². The van der Waals surface area contributed by atoms with Gasteiger partial charge in [0.05, 0.1) is 6.10 Å². The van der Waals surface area contributed by atoms with Gasteiger partial charge >= 0.3 is 0 Å². The van der Waals surface area contributed by atoms with Crippen LogP contribution in [0.15, 0.2) is 12.1 Å². The molecule has 1 N–H and O–H groups in total. The third-order valence-corrected chi connectivity index (χ3v) is 3.97. The molecule has 25 heavy (non-hydrogen) atoms. The van der Waals surface area contributed by atoms with E-state index >= 15 is 0 Å². The first kappa shape index (κ1) is 21.5. The number of anilines is 1. The summed E-state index contributed by atoms with van der Waals surface area (Å²) in [6, 6.07) is 3.91. The van der Waals surface area contributed by atoms with E-state index in [1.807, 2.05) is 53.7 Å². The van der Waals surface area contributed by atoms with Crippen molar-refractivity contribution in [2.24, 2.45) is 5.92 Å². The number of hydrogen-bond donors (Lipinski definition) is 1. The van der Waals surface area contributed by atoms with Gasteiger partial charge < -0.3 is 14.8 Å². The molecule has 0 saturated heterocycles. The molecule has 1 rings (SSSR count). The van der Waals surface area contributed by atoms with E-state index in [-0.39, 0.29) is 12.0 Å². The number of rotatable bonds is 9. The topological polar surface area (TPSA) is 47.6 Å². The molecule has 1 atom stereocenters. The Hall–Kier alpha value is -1.55. The molecule has 1 aromatic rings. The number of benzene rings is 1. The summed E-state index contributed by atoms with van der Waals surface area (Å²) in [5.74, 6) is 1.17. The minimum Gasteiger partial charge on any atom is -0.490 e. The highest BCUT2D eigenvalue weighted by Crippen LogP contribution is 2.30. The van der Waals surface area contributed by atoms with Gasteiger partial charge in [-0.3, -0.25) is 4.79 Å². The highest BCUT2D eigenvalue weighted by molar-refractivity contribution is 5.97. The van der Waals surface area contributed by atoms with E-state index < -0.39 is 5.60 Å². The van der Waals surface area contributed by atoms with Crippen LogP contribution >= 0.6 is 0 Å². The number of carbonyl (C=O) groups excluding carboxylic acids is 1. The Labute approximate surface area is 153 Å². The van der Waals surface area contributed by atoms with Gasteiger partial charge in [-0.15, -0.1) is 0 Å². The molecule has 0 aliphatic rings. The Bertz CT molecular complexity index is 557. The summed E-state index contributed by atoms with van der Waals surface area (Å²) in [5, 5.41) is 3.04. The summed E-state index contributed by atoms with van der Waals surface area (Å²) in [6.45, 7) is 16.7. The average molecular weight is 350 g/mol. The Balaban J connectivity index is 3.00. The van der Waals surface area contributed by atoms with E-state index in [4.69, 9.17) is 9.47 Å². The van der Waals surface area contributed by atoms with Crippen LogP contribution < -0.4 is 10.1 Å². The lowest BCUT2D eigenvalue weighted by Gasteiger charge is -2.30. The van der Waals surface area contributed by atoms with Crippen molar-refractivity contribution in [3.63, 3.8) is 0 Å². The van der Waals surface area contributed by atoms with Crippen LogP contribution in [0.4, 0.5) is 5.69 Å². The summed E-state index contributed by atoms with van der Waals surface area (Å²) in [7, 11) is 0. The second-order valence-corrected chi connectivity index (χ2v) is 7.74. The van der Waals surface area contributed by atoms with E-state index in [9.17, 15) is 4.79 Å². The number of nitrogens with one attached hydrogen (secondary N) is 1. The molecule has 1 amide bonds. The molecule has 1 unspecified atom stereocenters. The highest BCUT2D eigenvalue weighted by atomic mass is 16.5. The van der Waals surface area contributed by atoms with Gasteiger partial charge in [-0.25, -0.2) is 0 Å². The van der Waals surface area contributed by atoms with E-state index in [0.29, 0.717) is 18.9 Å². The van der Waals surface area contributed by atoms with Crippen molar-refractivity contribution >= 4 is 11.6 Å². The zero-order valence-corrected chi connectivity index (χ0v) is 17.2. The maximum atomic E-state index is 12.9. The van der Waals surface area contributed by atoms with Crippen LogP contribution in [0.1, 0.15) is 65.5 Å². The third-order valence-electron chi connectivity index (χ3n) is 3.97. The first-order chi connectivity index (χ1) is 11.6. The molecule has 0 bridgehead atoms. The predicted octanol–water partition coefficient (Wildman–Crippen LogP) is 5.26. The summed E-state index contributed by atoms with van der Waals surface area (Å²) in [5.41, 5.74) is 2.00. The normalized spacial score (nSPS) is 13.8. The van der Waals surface area contributed by atoms with E-state index in [2.05, 4.69) is 19.2 Å². The molecule has 0 saturated carbocycles. The van der Waals surface area contributed by atoms with E-state index in [1.54, 1.807) is 0 Å². The van der Waals surface area contributed by atoms with Crippen molar-refractivity contribution < 1.29 is 14.3 Å². The first-order valence-electron chi connectivity index (χ1n) is 9.32. The van der Waals surface area contributed by atoms with Crippen molar-refractivity contribution in [2.75, 3.05) is 11.9 Å². The molecule has 0 spiro atoms. The number of carbonyl (C=O) groups is 1. The van der Waals surface area contributed by atoms with Crippen molar-refractivity contribution in [3.8, 4) is 5.75 Å². The molecule has 142 valence electrons. The Morgan fingerprint density at radius 3 is 2.16 bits per heavy atom. The Morgan fingerprint density at radius 2 is 1.72 bits per heavy atom. The fraction of sp³-hybridized carbons (Fsp3) is 0.667. The van der Waals surface area contributed by atoms with Gasteiger partial charge in [0.1, 0.15) is 11.4 Å². The van der Waals surface area contributed by atoms with Crippen LogP contribution in [0.3, 0.4) is 0 Å². The van der Waals surface area contributed by atoms with Crippen LogP contribution in [-0.4, -0.2) is 24.2 Å². The SMILES string of the molecule is CCCOC(C)(CC(C)C)C(=O)Nc1cc(C)c(OC(C)C)c(C)c1. The summed E-state index contributed by atoms with van der Waals surface area (Å²) in [4.78, 5) is 12.9. The van der Waals surface area contributed by atoms with Gasteiger partial charge in [-0.1, -0.05) is 20.8 Å². The maximum absolute atomic E-state index is 12.9. The van der Waals surface area contributed by atoms with Crippen molar-refractivity contribution in [1.82, 2.24) is 0 Å². The Morgan fingerprint density at radius 1 is 1.16 bits per heavy atom. The van der Waals surface area contributed by atoms with Crippen LogP contribution in [0.5, 0.6) is 5.75 Å². The fourth-order valence-electron chi connectivity index (χ4n) is 3.03. The van der Waals surface area contributed by atoms with Gasteiger partial charge in [-0.05, 0) is 76.6 Å². The maximum Gasteiger partial charge on any atom is 0.256 e. The summed E-state index contributed by atoms with van der Waals surface area (Å²) < 4.78 is 11.8. The Kier molecular flexibility index (Phi) is 7.94. The average Bonchev–Trinajstić information content (AvgIpc) is 2.48. The van der Waals surface area contributed by atoms with Gasteiger partial charge in [0, 0.05) is 12.3 Å². The van der Waals surface area contributed by atoms with Gasteiger partial charge in [0.15, 0.2) is 0 Å². The second-order valence-electron chi connectivity index (χ2n) is 7.74. The van der Waals surface area contributed by atoms with Crippen molar-refractivity contribution in [1.29, 1.82) is 0 Å². The molecule has 0 fully saturated rings. The zero-order valence-electron chi connectivity index (χ0n) is 17.2. The second kappa shape index (κ2) is 9.23. The lowest BCUT2D eigenvalue weighted by atomic mass is 9.92. The monoisotopic (exact) mass is 349 g/mol. The van der Waals surface area contributed by atoms with Crippen molar-refractivity contribution in [3.05, 3.63) is 23.3 Å². The quantitative estimate of drug-likeness (QED) is 0.661. The minimum atomic E-state index is -0.820. The van der Waals surface area contributed by atoms with Gasteiger partial charge in [0.2, 0.25) is 0 Å². The molecular weight excluding hydrogens is 314 g/mol. The number of hydrogen-bond acceptors (Lipinski definition) is 3. The van der Waals surface area contributed by atoms with E-state index in [1.165, 1.54) is 0 Å². The highest BCUT2D eigenvalue weighted by Gasteiger charge is 2.35. The van der Waals surface area contributed by atoms with Crippen LogP contribution in [0.25, 0.3) is 0 Å². The molecule has 0 aliphatic heterocycles. The molecular formula is C21H35NO3. The van der Waals surface area contributed by atoms with Crippen LogP contribution in [0.2, 0.25) is 0 Å². The summed E-state index contributed by atoms with van der Waals surface area (Å²) in [6.07, 6.45) is 1.70. The summed E-state index contributed by atoms with van der Waals surface area (Å²) >= 11 is 0. The smallest absolute Gasteiger partial charge is 0.256 e. The standard InChI is InChI=1S/C21H35NO3/c1-9-10-24-21(8,13-14(2)3)20(23)22-18-11-16(6)19(17(7)12-18)25-15(4)5/h11-12,14-15H,9-10,13H2,1-8H3,(H,22,23). The molecule has 4 heteroatoms. The molecule has 0 radical (unpaired) electrons. The minimum absolute atomic E-state index is 0.0917. The molecule has 0 heterocycles. The largest absolute Gasteiger partial charge is 0.490 e. The van der Waals surface area contributed by atoms with Gasteiger partial charge in [-0.2, -0.15) is 0 Å². The van der Waals surface area contributed by atoms with Crippen LogP contribution in [0, 0.1) is 19.8 Å². The zero-order chi connectivity index (χ0) is 19.2. The van der Waals surface area contributed by atoms with Crippen molar-refractivity contribution in [2.45, 2.75) is 79.9 Å². The predicted molar refractivity (Wildman–Crippen MR) is 104 cm³/mol. The lowest BCUT2D eigenvalue weighted by molar-refractivity contribution is -0.141. The molecule has 0 aliphatic carbocycles. The third kappa shape index (κ3) is 6.35. The van der Waals surface area contributed by atoms with E-state index in [0.717, 1.165) is 29.0 Å². The molecule has 1 aromatic carbocycles. The first-order valence-corrected chi connectivity index (χ1v) is 9.32. The lowest BCUT2D eigenvalue weighted by Crippen LogP contribution is -2.44. The molecule has 4 nitrogen and oxygen atoms in total. The van der Waals surface area contributed by atoms with Gasteiger partial charge in [0.25, 0.3) is 5.91 Å². The number of amides is 1.